The van der Waals surface area contributed by atoms with E-state index in [9.17, 15) is 9.59 Å². The molecule has 0 atom stereocenters. The predicted molar refractivity (Wildman–Crippen MR) is 77.7 cm³/mol. The summed E-state index contributed by atoms with van der Waals surface area (Å²) in [6, 6.07) is 5.70. The van der Waals surface area contributed by atoms with Gasteiger partial charge in [-0.3, -0.25) is 9.36 Å². The molecular weight excluding hydrogens is 324 g/mol. The molecule has 1 aromatic carbocycles. The summed E-state index contributed by atoms with van der Waals surface area (Å²) >= 11 is 3.45. The molecule has 1 N–H and O–H groups in total. The average molecular weight is 337 g/mol. The second-order valence-corrected chi connectivity index (χ2v) is 5.56. The lowest BCUT2D eigenvalue weighted by molar-refractivity contribution is -0.135. The summed E-state index contributed by atoms with van der Waals surface area (Å²) in [6.07, 6.45) is 0.837. The van der Waals surface area contributed by atoms with Crippen LogP contribution in [0.15, 0.2) is 22.7 Å². The number of carbonyl (C=O) groups excluding carboxylic acids is 2. The molecule has 0 saturated heterocycles. The zero-order valence-electron chi connectivity index (χ0n) is 10.9. The average Bonchev–Trinajstić information content (AvgIpc) is 2.79. The van der Waals surface area contributed by atoms with Gasteiger partial charge < -0.3 is 10.1 Å². The van der Waals surface area contributed by atoms with E-state index in [0.29, 0.717) is 6.54 Å². The Balaban J connectivity index is 2.30. The Hall–Kier alpha value is -1.66. The minimum Gasteiger partial charge on any atom is -0.462 e. The maximum Gasteiger partial charge on any atom is 0.397 e. The zero-order valence-corrected chi connectivity index (χ0v) is 12.5. The van der Waals surface area contributed by atoms with Gasteiger partial charge in [-0.15, -0.1) is 0 Å². The highest BCUT2D eigenvalue weighted by Gasteiger charge is 2.27. The summed E-state index contributed by atoms with van der Waals surface area (Å²) in [5.74, 6) is -1.50. The first-order valence-electron chi connectivity index (χ1n) is 6.28. The lowest BCUT2D eigenvalue weighted by Crippen LogP contribution is -2.30. The maximum atomic E-state index is 12.3. The Morgan fingerprint density at radius 1 is 1.40 bits per heavy atom. The molecule has 1 aromatic heterocycles. The number of aromatic nitrogens is 1. The molecule has 1 aliphatic heterocycles. The van der Waals surface area contributed by atoms with Crippen molar-refractivity contribution < 1.29 is 14.3 Å². The van der Waals surface area contributed by atoms with Crippen molar-refractivity contribution in [2.75, 3.05) is 13.7 Å². The van der Waals surface area contributed by atoms with Gasteiger partial charge in [-0.05, 0) is 36.7 Å². The summed E-state index contributed by atoms with van der Waals surface area (Å²) in [5.41, 5.74) is 2.72. The van der Waals surface area contributed by atoms with E-state index in [2.05, 4.69) is 26.0 Å². The van der Waals surface area contributed by atoms with Crippen LogP contribution in [-0.4, -0.2) is 30.1 Å². The highest BCUT2D eigenvalue weighted by atomic mass is 79.9. The lowest BCUT2D eigenvalue weighted by atomic mass is 10.1. The number of benzene rings is 1. The van der Waals surface area contributed by atoms with Gasteiger partial charge in [-0.2, -0.15) is 0 Å². The molecule has 0 aliphatic carbocycles. The highest BCUT2D eigenvalue weighted by molar-refractivity contribution is 9.10. The number of halogens is 1. The van der Waals surface area contributed by atoms with E-state index >= 15 is 0 Å². The van der Waals surface area contributed by atoms with Crippen molar-refractivity contribution in [3.63, 3.8) is 0 Å². The molecule has 0 saturated carbocycles. The first-order chi connectivity index (χ1) is 9.63. The van der Waals surface area contributed by atoms with Crippen molar-refractivity contribution in [2.45, 2.75) is 13.0 Å². The molecule has 6 heteroatoms. The summed E-state index contributed by atoms with van der Waals surface area (Å²) in [7, 11) is 1.22. The smallest absolute Gasteiger partial charge is 0.397 e. The molecule has 3 rings (SSSR count). The summed E-state index contributed by atoms with van der Waals surface area (Å²) in [4.78, 5) is 23.8. The Bertz CT molecular complexity index is 721. The third-order valence-corrected chi connectivity index (χ3v) is 4.04. The number of methoxy groups -OCH3 is 1. The minimum atomic E-state index is -0.849. The zero-order chi connectivity index (χ0) is 14.3. The van der Waals surface area contributed by atoms with E-state index in [-0.39, 0.29) is 0 Å². The van der Waals surface area contributed by atoms with Gasteiger partial charge in [0.25, 0.3) is 0 Å². The molecule has 0 fully saturated rings. The quantitative estimate of drug-likeness (QED) is 0.589. The fraction of sp³-hybridized carbons (Fsp3) is 0.286. The largest absolute Gasteiger partial charge is 0.462 e. The molecule has 0 amide bonds. The van der Waals surface area contributed by atoms with Gasteiger partial charge in [0.05, 0.1) is 12.6 Å². The van der Waals surface area contributed by atoms with Gasteiger partial charge in [0.2, 0.25) is 0 Å². The Morgan fingerprint density at radius 3 is 2.95 bits per heavy atom. The van der Waals surface area contributed by atoms with Crippen LogP contribution in [0.3, 0.4) is 0 Å². The molecule has 5 nitrogen and oxygen atoms in total. The van der Waals surface area contributed by atoms with E-state index in [1.807, 2.05) is 18.2 Å². The SMILES string of the molecule is COC(=O)C(=O)n1c2c(c3cc(Br)ccc31)CCNC2. The van der Waals surface area contributed by atoms with E-state index in [1.54, 1.807) is 0 Å². The second kappa shape index (κ2) is 5.03. The summed E-state index contributed by atoms with van der Waals surface area (Å²) in [5, 5.41) is 4.24. The number of hydrogen-bond donors (Lipinski definition) is 1. The van der Waals surface area contributed by atoms with Crippen molar-refractivity contribution in [3.8, 4) is 0 Å². The van der Waals surface area contributed by atoms with Gasteiger partial charge in [0, 0.05) is 22.1 Å². The van der Waals surface area contributed by atoms with E-state index in [4.69, 9.17) is 0 Å². The first-order valence-corrected chi connectivity index (χ1v) is 7.08. The van der Waals surface area contributed by atoms with Crippen LogP contribution in [0.4, 0.5) is 0 Å². The number of esters is 1. The Labute approximate surface area is 124 Å². The summed E-state index contributed by atoms with van der Waals surface area (Å²) in [6.45, 7) is 1.44. The fourth-order valence-electron chi connectivity index (χ4n) is 2.68. The topological polar surface area (TPSA) is 60.3 Å². The van der Waals surface area contributed by atoms with Crippen molar-refractivity contribution >= 4 is 38.7 Å². The van der Waals surface area contributed by atoms with Gasteiger partial charge in [-0.25, -0.2) is 4.79 Å². The first kappa shape index (κ1) is 13.3. The number of fused-ring (bicyclic) bond motifs is 3. The van der Waals surface area contributed by atoms with Gasteiger partial charge in [-0.1, -0.05) is 15.9 Å². The number of nitrogens with one attached hydrogen (secondary N) is 1. The molecular formula is C14H13BrN2O3. The van der Waals surface area contributed by atoms with Crippen LogP contribution in [0.25, 0.3) is 10.9 Å². The fourth-order valence-corrected chi connectivity index (χ4v) is 3.04. The van der Waals surface area contributed by atoms with Crippen molar-refractivity contribution in [1.29, 1.82) is 0 Å². The number of rotatable bonds is 0. The normalized spacial score (nSPS) is 14.1. The van der Waals surface area contributed by atoms with Crippen LogP contribution < -0.4 is 5.32 Å². The molecule has 0 radical (unpaired) electrons. The van der Waals surface area contributed by atoms with Crippen LogP contribution in [0.2, 0.25) is 0 Å². The van der Waals surface area contributed by atoms with Crippen molar-refractivity contribution in [2.24, 2.45) is 0 Å². The van der Waals surface area contributed by atoms with Crippen LogP contribution >= 0.6 is 15.9 Å². The van der Waals surface area contributed by atoms with E-state index < -0.39 is 11.9 Å². The van der Waals surface area contributed by atoms with Crippen LogP contribution in [0.5, 0.6) is 0 Å². The highest BCUT2D eigenvalue weighted by Crippen LogP contribution is 2.30. The van der Waals surface area contributed by atoms with Gasteiger partial charge in [0.15, 0.2) is 0 Å². The van der Waals surface area contributed by atoms with Crippen LogP contribution in [0.1, 0.15) is 16.1 Å². The third-order valence-electron chi connectivity index (χ3n) is 3.55. The number of carbonyl (C=O) groups is 2. The van der Waals surface area contributed by atoms with Crippen molar-refractivity contribution in [1.82, 2.24) is 9.88 Å². The Kier molecular flexibility index (Phi) is 3.35. The Morgan fingerprint density at radius 2 is 2.20 bits per heavy atom. The second-order valence-electron chi connectivity index (χ2n) is 4.65. The monoisotopic (exact) mass is 336 g/mol. The third kappa shape index (κ3) is 1.96. The molecule has 0 spiro atoms. The van der Waals surface area contributed by atoms with Gasteiger partial charge in [0.1, 0.15) is 0 Å². The summed E-state index contributed by atoms with van der Waals surface area (Å²) < 4.78 is 6.98. The molecule has 1 aliphatic rings. The lowest BCUT2D eigenvalue weighted by Gasteiger charge is -2.15. The number of hydrogen-bond acceptors (Lipinski definition) is 4. The van der Waals surface area contributed by atoms with E-state index in [1.165, 1.54) is 11.7 Å². The molecule has 0 bridgehead atoms. The number of nitrogens with zero attached hydrogens (tertiary/aromatic N) is 1. The molecule has 2 aromatic rings. The molecule has 0 unspecified atom stereocenters. The van der Waals surface area contributed by atoms with Crippen molar-refractivity contribution in [3.05, 3.63) is 33.9 Å². The van der Waals surface area contributed by atoms with Crippen LogP contribution in [-0.2, 0) is 22.5 Å². The molecule has 104 valence electrons. The molecule has 20 heavy (non-hydrogen) atoms. The van der Waals surface area contributed by atoms with E-state index in [0.717, 1.165) is 39.6 Å². The van der Waals surface area contributed by atoms with Crippen LogP contribution in [0, 0.1) is 0 Å². The minimum absolute atomic E-state index is 0.574. The standard InChI is InChI=1S/C14H13BrN2O3/c1-20-14(19)13(18)17-11-3-2-8(15)6-10(11)9-4-5-16-7-12(9)17/h2-3,6,16H,4-5,7H2,1H3. The maximum absolute atomic E-state index is 12.3. The molecule has 2 heterocycles. The predicted octanol–water partition coefficient (Wildman–Crippen LogP) is 1.86. The van der Waals surface area contributed by atoms with Gasteiger partial charge >= 0.3 is 11.9 Å². The number of ether oxygens (including phenoxy) is 1.